The quantitative estimate of drug-likeness (QED) is 0.872. The number of hydrogen-bond donors (Lipinski definition) is 2. The van der Waals surface area contributed by atoms with Gasteiger partial charge >= 0.3 is 0 Å². The van der Waals surface area contributed by atoms with Crippen LogP contribution in [0.15, 0.2) is 29.3 Å². The zero-order valence-electron chi connectivity index (χ0n) is 9.28. The van der Waals surface area contributed by atoms with Crippen LogP contribution in [-0.2, 0) is 0 Å². The lowest BCUT2D eigenvalue weighted by molar-refractivity contribution is 0.171. The van der Waals surface area contributed by atoms with E-state index in [1.165, 1.54) is 0 Å². The summed E-state index contributed by atoms with van der Waals surface area (Å²) in [4.78, 5) is 0. The van der Waals surface area contributed by atoms with Crippen molar-refractivity contribution in [2.75, 3.05) is 19.9 Å². The minimum atomic E-state index is -0.573. The summed E-state index contributed by atoms with van der Waals surface area (Å²) in [5.41, 5.74) is 0.807. The van der Waals surface area contributed by atoms with Crippen LogP contribution in [-0.4, -0.2) is 25.0 Å². The predicted molar refractivity (Wildman–Crippen MR) is 68.5 cm³/mol. The van der Waals surface area contributed by atoms with Crippen molar-refractivity contribution in [3.63, 3.8) is 0 Å². The Balaban J connectivity index is 1.95. The highest BCUT2D eigenvalue weighted by Crippen LogP contribution is 2.33. The second-order valence-corrected chi connectivity index (χ2v) is 4.90. The molecule has 1 atom stereocenters. The molecule has 5 heteroatoms. The van der Waals surface area contributed by atoms with Crippen LogP contribution in [0.25, 0.3) is 0 Å². The van der Waals surface area contributed by atoms with Crippen LogP contribution < -0.4 is 14.8 Å². The Morgan fingerprint density at radius 2 is 2.24 bits per heavy atom. The van der Waals surface area contributed by atoms with Gasteiger partial charge in [-0.25, -0.2) is 0 Å². The van der Waals surface area contributed by atoms with Gasteiger partial charge in [0.2, 0.25) is 6.79 Å². The first-order valence-corrected chi connectivity index (χ1v) is 6.07. The zero-order valence-corrected chi connectivity index (χ0v) is 10.9. The SMILES string of the molecule is C=C(Br)CNCC(O)c1ccc2c(c1)OCO2. The first-order chi connectivity index (χ1) is 8.16. The van der Waals surface area contributed by atoms with Crippen LogP contribution in [0.4, 0.5) is 0 Å². The lowest BCUT2D eigenvalue weighted by atomic mass is 10.1. The fourth-order valence-electron chi connectivity index (χ4n) is 1.58. The number of ether oxygens (including phenoxy) is 2. The zero-order chi connectivity index (χ0) is 12.3. The molecule has 17 heavy (non-hydrogen) atoms. The van der Waals surface area contributed by atoms with E-state index in [1.807, 2.05) is 12.1 Å². The fourth-order valence-corrected chi connectivity index (χ4v) is 1.78. The normalized spacial score (nSPS) is 14.7. The standard InChI is InChI=1S/C12H14BrNO3/c1-8(13)5-14-6-10(15)9-2-3-11-12(4-9)17-7-16-11/h2-4,10,14-15H,1,5-7H2. The average molecular weight is 300 g/mol. The van der Waals surface area contributed by atoms with Gasteiger partial charge in [-0.3, -0.25) is 0 Å². The largest absolute Gasteiger partial charge is 0.454 e. The highest BCUT2D eigenvalue weighted by atomic mass is 79.9. The minimum Gasteiger partial charge on any atom is -0.454 e. The number of aliphatic hydroxyl groups is 1. The van der Waals surface area contributed by atoms with Gasteiger partial charge in [-0.1, -0.05) is 28.6 Å². The summed E-state index contributed by atoms with van der Waals surface area (Å²) in [6.07, 6.45) is -0.573. The molecule has 0 saturated carbocycles. The molecule has 1 aliphatic rings. The molecule has 0 saturated heterocycles. The van der Waals surface area contributed by atoms with E-state index in [-0.39, 0.29) is 6.79 Å². The van der Waals surface area contributed by atoms with Crippen molar-refractivity contribution in [3.05, 3.63) is 34.8 Å². The molecule has 0 fully saturated rings. The highest BCUT2D eigenvalue weighted by molar-refractivity contribution is 9.11. The molecule has 1 aromatic carbocycles. The van der Waals surface area contributed by atoms with Gasteiger partial charge in [-0.2, -0.15) is 0 Å². The Morgan fingerprint density at radius 3 is 3.00 bits per heavy atom. The van der Waals surface area contributed by atoms with Gasteiger partial charge in [-0.15, -0.1) is 0 Å². The summed E-state index contributed by atoms with van der Waals surface area (Å²) in [5, 5.41) is 13.0. The summed E-state index contributed by atoms with van der Waals surface area (Å²) in [6.45, 7) is 5.04. The highest BCUT2D eigenvalue weighted by Gasteiger charge is 2.16. The third-order valence-corrected chi connectivity index (χ3v) is 2.72. The van der Waals surface area contributed by atoms with E-state index < -0.39 is 6.10 Å². The molecule has 1 aliphatic heterocycles. The molecular formula is C12H14BrNO3. The van der Waals surface area contributed by atoms with Crippen molar-refractivity contribution in [1.29, 1.82) is 0 Å². The molecule has 0 spiro atoms. The van der Waals surface area contributed by atoms with Gasteiger partial charge in [0.15, 0.2) is 11.5 Å². The van der Waals surface area contributed by atoms with E-state index >= 15 is 0 Å². The van der Waals surface area contributed by atoms with E-state index in [0.717, 1.165) is 15.8 Å². The van der Waals surface area contributed by atoms with E-state index in [9.17, 15) is 5.11 Å². The van der Waals surface area contributed by atoms with Crippen molar-refractivity contribution in [2.24, 2.45) is 0 Å². The molecule has 0 amide bonds. The Kier molecular flexibility index (Phi) is 4.04. The molecule has 1 heterocycles. The number of nitrogens with one attached hydrogen (secondary N) is 1. The maximum atomic E-state index is 9.96. The third-order valence-electron chi connectivity index (χ3n) is 2.44. The van der Waals surface area contributed by atoms with E-state index in [2.05, 4.69) is 27.8 Å². The summed E-state index contributed by atoms with van der Waals surface area (Å²) < 4.78 is 11.3. The first kappa shape index (κ1) is 12.4. The van der Waals surface area contributed by atoms with E-state index in [4.69, 9.17) is 9.47 Å². The van der Waals surface area contributed by atoms with Gasteiger partial charge in [0.25, 0.3) is 0 Å². The third kappa shape index (κ3) is 3.21. The molecule has 0 aromatic heterocycles. The van der Waals surface area contributed by atoms with Crippen LogP contribution in [0.5, 0.6) is 11.5 Å². The number of rotatable bonds is 5. The van der Waals surface area contributed by atoms with Crippen LogP contribution in [0.1, 0.15) is 11.7 Å². The number of hydrogen-bond acceptors (Lipinski definition) is 4. The Hall–Kier alpha value is -1.04. The molecule has 92 valence electrons. The molecule has 1 unspecified atom stereocenters. The van der Waals surface area contributed by atoms with Gasteiger partial charge in [-0.05, 0) is 17.7 Å². The summed E-state index contributed by atoms with van der Waals surface area (Å²) in [5.74, 6) is 1.41. The van der Waals surface area contributed by atoms with Crippen molar-refractivity contribution in [2.45, 2.75) is 6.10 Å². The van der Waals surface area contributed by atoms with Crippen molar-refractivity contribution >= 4 is 15.9 Å². The average Bonchev–Trinajstić information content (AvgIpc) is 2.75. The smallest absolute Gasteiger partial charge is 0.231 e. The van der Waals surface area contributed by atoms with E-state index in [0.29, 0.717) is 18.8 Å². The topological polar surface area (TPSA) is 50.7 Å². The number of halogens is 1. The van der Waals surface area contributed by atoms with Crippen molar-refractivity contribution in [3.8, 4) is 11.5 Å². The Morgan fingerprint density at radius 1 is 1.47 bits per heavy atom. The number of aliphatic hydroxyl groups excluding tert-OH is 1. The van der Waals surface area contributed by atoms with Crippen LogP contribution in [0.3, 0.4) is 0 Å². The maximum Gasteiger partial charge on any atom is 0.231 e. The molecule has 0 radical (unpaired) electrons. The molecule has 1 aromatic rings. The summed E-state index contributed by atoms with van der Waals surface area (Å²) >= 11 is 3.25. The number of benzene rings is 1. The lowest BCUT2D eigenvalue weighted by Crippen LogP contribution is -2.22. The molecule has 2 rings (SSSR count). The van der Waals surface area contributed by atoms with Gasteiger partial charge in [0.1, 0.15) is 0 Å². The summed E-state index contributed by atoms with van der Waals surface area (Å²) in [6, 6.07) is 5.45. The van der Waals surface area contributed by atoms with Gasteiger partial charge in [0, 0.05) is 17.6 Å². The lowest BCUT2D eigenvalue weighted by Gasteiger charge is -2.12. The first-order valence-electron chi connectivity index (χ1n) is 5.28. The molecule has 2 N–H and O–H groups in total. The fraction of sp³-hybridized carbons (Fsp3) is 0.333. The van der Waals surface area contributed by atoms with Crippen LogP contribution in [0.2, 0.25) is 0 Å². The molecular weight excluding hydrogens is 286 g/mol. The second kappa shape index (κ2) is 5.53. The van der Waals surface area contributed by atoms with Gasteiger partial charge < -0.3 is 19.9 Å². The molecule has 4 nitrogen and oxygen atoms in total. The van der Waals surface area contributed by atoms with Crippen LogP contribution >= 0.6 is 15.9 Å². The Labute approximate surface area is 108 Å². The number of fused-ring (bicyclic) bond motifs is 1. The van der Waals surface area contributed by atoms with Gasteiger partial charge in [0.05, 0.1) is 6.10 Å². The molecule has 0 aliphatic carbocycles. The molecule has 0 bridgehead atoms. The maximum absolute atomic E-state index is 9.96. The van der Waals surface area contributed by atoms with E-state index in [1.54, 1.807) is 6.07 Å². The minimum absolute atomic E-state index is 0.247. The summed E-state index contributed by atoms with van der Waals surface area (Å²) in [7, 11) is 0. The van der Waals surface area contributed by atoms with Crippen LogP contribution in [0, 0.1) is 0 Å². The Bertz CT molecular complexity index is 422. The van der Waals surface area contributed by atoms with Crippen molar-refractivity contribution < 1.29 is 14.6 Å². The second-order valence-electron chi connectivity index (χ2n) is 3.78. The predicted octanol–water partition coefficient (Wildman–Crippen LogP) is 1.95. The monoisotopic (exact) mass is 299 g/mol. The van der Waals surface area contributed by atoms with Crippen molar-refractivity contribution in [1.82, 2.24) is 5.32 Å².